The van der Waals surface area contributed by atoms with E-state index in [1.807, 2.05) is 18.3 Å². The van der Waals surface area contributed by atoms with Crippen LogP contribution in [0.2, 0.25) is 0 Å². The molecule has 2 aliphatic carbocycles. The van der Waals surface area contributed by atoms with Crippen molar-refractivity contribution in [2.24, 2.45) is 11.3 Å². The molecule has 1 atom stereocenters. The fraction of sp³-hybridized carbons (Fsp3) is 0.520. The highest BCUT2D eigenvalue weighted by Gasteiger charge is 2.61. The van der Waals surface area contributed by atoms with Crippen molar-refractivity contribution < 1.29 is 18.0 Å². The van der Waals surface area contributed by atoms with Crippen molar-refractivity contribution in [3.8, 4) is 0 Å². The van der Waals surface area contributed by atoms with Gasteiger partial charge < -0.3 is 4.90 Å². The topological polar surface area (TPSA) is 33.2 Å². The molecule has 31 heavy (non-hydrogen) atoms. The van der Waals surface area contributed by atoms with Crippen LogP contribution in [0.25, 0.3) is 0 Å². The van der Waals surface area contributed by atoms with Crippen molar-refractivity contribution in [2.75, 3.05) is 13.1 Å². The number of piperidine rings is 1. The zero-order chi connectivity index (χ0) is 21.6. The van der Waals surface area contributed by atoms with Crippen molar-refractivity contribution in [2.45, 2.75) is 57.0 Å². The molecule has 1 aromatic carbocycles. The van der Waals surface area contributed by atoms with Gasteiger partial charge in [-0.3, -0.25) is 9.78 Å². The maximum atomic E-state index is 12.8. The minimum Gasteiger partial charge on any atom is -0.342 e. The number of benzene rings is 1. The maximum Gasteiger partial charge on any atom is 0.416 e. The molecule has 0 N–H and O–H groups in total. The zero-order valence-corrected chi connectivity index (χ0v) is 17.5. The lowest BCUT2D eigenvalue weighted by Crippen LogP contribution is -2.40. The number of likely N-dealkylation sites (tertiary alicyclic amines) is 1. The van der Waals surface area contributed by atoms with E-state index in [9.17, 15) is 18.0 Å². The molecule has 3 nitrogen and oxygen atoms in total. The molecule has 2 heterocycles. The third-order valence-electron chi connectivity index (χ3n) is 7.60. The first-order chi connectivity index (χ1) is 14.8. The van der Waals surface area contributed by atoms with Gasteiger partial charge in [-0.2, -0.15) is 13.2 Å². The number of rotatable bonds is 4. The summed E-state index contributed by atoms with van der Waals surface area (Å²) in [4.78, 5) is 19.5. The highest BCUT2D eigenvalue weighted by atomic mass is 19.4. The Morgan fingerprint density at radius 1 is 1.03 bits per heavy atom. The molecule has 6 heteroatoms. The first-order valence-corrected chi connectivity index (χ1v) is 11.2. The summed E-state index contributed by atoms with van der Waals surface area (Å²) in [6.07, 6.45) is 4.83. The Bertz CT molecular complexity index is 940. The van der Waals surface area contributed by atoms with E-state index in [-0.39, 0.29) is 0 Å². The largest absolute Gasteiger partial charge is 0.416 e. The summed E-state index contributed by atoms with van der Waals surface area (Å²) in [7, 11) is 0. The lowest BCUT2D eigenvalue weighted by Gasteiger charge is -2.34. The van der Waals surface area contributed by atoms with E-state index in [1.165, 1.54) is 31.4 Å². The molecule has 0 bridgehead atoms. The average Bonchev–Trinajstić information content (AvgIpc) is 3.51. The van der Waals surface area contributed by atoms with Crippen LogP contribution >= 0.6 is 0 Å². The van der Waals surface area contributed by atoms with Gasteiger partial charge in [0.25, 0.3) is 0 Å². The normalized spacial score (nSPS) is 22.9. The number of halogens is 3. The van der Waals surface area contributed by atoms with Gasteiger partial charge in [-0.1, -0.05) is 24.6 Å². The van der Waals surface area contributed by atoms with Gasteiger partial charge in [0.1, 0.15) is 0 Å². The van der Waals surface area contributed by atoms with Crippen LogP contribution in [-0.2, 0) is 17.4 Å². The molecule has 0 unspecified atom stereocenters. The number of aromatic nitrogens is 1. The smallest absolute Gasteiger partial charge is 0.342 e. The second kappa shape index (κ2) is 7.64. The molecule has 2 saturated carbocycles. The summed E-state index contributed by atoms with van der Waals surface area (Å²) >= 11 is 0. The summed E-state index contributed by atoms with van der Waals surface area (Å²) in [6.45, 7) is 1.62. The summed E-state index contributed by atoms with van der Waals surface area (Å²) in [5.41, 5.74) is 2.62. The zero-order valence-electron chi connectivity index (χ0n) is 17.5. The summed E-state index contributed by atoms with van der Waals surface area (Å²) in [5, 5.41) is 0. The number of carbonyl (C=O) groups excluding carboxylic acids is 1. The second-order valence-corrected chi connectivity index (χ2v) is 9.53. The van der Waals surface area contributed by atoms with Crippen LogP contribution in [0.5, 0.6) is 0 Å². The number of pyridine rings is 1. The molecule has 164 valence electrons. The van der Waals surface area contributed by atoms with E-state index < -0.39 is 11.7 Å². The molecule has 3 aliphatic rings. The van der Waals surface area contributed by atoms with Crippen molar-refractivity contribution in [1.29, 1.82) is 0 Å². The van der Waals surface area contributed by atoms with Crippen LogP contribution in [0.1, 0.15) is 66.8 Å². The Kier molecular flexibility index (Phi) is 5.06. The molecule has 5 rings (SSSR count). The standard InChI is InChI=1S/C25H27F3N2O/c26-25(27,28)20-5-2-17(3-6-20)14-18-4-7-22(29-16-18)19-8-12-30(13-9-19)23(31)21-15-24(21)10-1-11-24/h2-7,16,19,21H,1,8-15H2/t21-/m1/s1. The summed E-state index contributed by atoms with van der Waals surface area (Å²) in [5.74, 6) is 1.03. The monoisotopic (exact) mass is 428 g/mol. The predicted octanol–water partition coefficient (Wildman–Crippen LogP) is 5.59. The first kappa shape index (κ1) is 20.5. The Morgan fingerprint density at radius 3 is 2.23 bits per heavy atom. The summed E-state index contributed by atoms with van der Waals surface area (Å²) in [6, 6.07) is 9.35. The number of nitrogens with zero attached hydrogens (tertiary/aromatic N) is 2. The number of alkyl halides is 3. The highest BCUT2D eigenvalue weighted by molar-refractivity contribution is 5.83. The molecule has 3 fully saturated rings. The maximum absolute atomic E-state index is 12.8. The van der Waals surface area contributed by atoms with Gasteiger partial charge in [0.05, 0.1) is 5.56 Å². The number of hydrogen-bond acceptors (Lipinski definition) is 2. The van der Waals surface area contributed by atoms with Crippen LogP contribution in [0, 0.1) is 11.3 Å². The van der Waals surface area contributed by atoms with Gasteiger partial charge in [0.15, 0.2) is 0 Å². The van der Waals surface area contributed by atoms with E-state index in [1.54, 1.807) is 0 Å². The molecule has 1 amide bonds. The minimum absolute atomic E-state index is 0.292. The van der Waals surface area contributed by atoms with Gasteiger partial charge in [-0.05, 0) is 73.3 Å². The third kappa shape index (κ3) is 4.09. The Balaban J connectivity index is 1.14. The van der Waals surface area contributed by atoms with Gasteiger partial charge in [-0.15, -0.1) is 0 Å². The van der Waals surface area contributed by atoms with E-state index in [4.69, 9.17) is 0 Å². The van der Waals surface area contributed by atoms with E-state index >= 15 is 0 Å². The third-order valence-corrected chi connectivity index (χ3v) is 7.60. The Morgan fingerprint density at radius 2 is 1.71 bits per heavy atom. The molecule has 2 aromatic rings. The quantitative estimate of drug-likeness (QED) is 0.636. The Hall–Kier alpha value is -2.37. The van der Waals surface area contributed by atoms with Gasteiger partial charge in [0.2, 0.25) is 5.91 Å². The van der Waals surface area contributed by atoms with Gasteiger partial charge >= 0.3 is 6.18 Å². The number of carbonyl (C=O) groups is 1. The van der Waals surface area contributed by atoms with Crippen molar-refractivity contribution >= 4 is 5.91 Å². The van der Waals surface area contributed by atoms with Crippen molar-refractivity contribution in [3.63, 3.8) is 0 Å². The fourth-order valence-electron chi connectivity index (χ4n) is 5.33. The van der Waals surface area contributed by atoms with Crippen LogP contribution in [-0.4, -0.2) is 28.9 Å². The van der Waals surface area contributed by atoms with E-state index in [0.29, 0.717) is 29.6 Å². The Labute approximate surface area is 180 Å². The van der Waals surface area contributed by atoms with Gasteiger partial charge in [-0.25, -0.2) is 0 Å². The van der Waals surface area contributed by atoms with Crippen LogP contribution in [0.15, 0.2) is 42.6 Å². The molecule has 1 saturated heterocycles. The van der Waals surface area contributed by atoms with Crippen molar-refractivity contribution in [1.82, 2.24) is 9.88 Å². The lowest BCUT2D eigenvalue weighted by atomic mass is 9.79. The van der Waals surface area contributed by atoms with Gasteiger partial charge in [0, 0.05) is 36.8 Å². The number of hydrogen-bond donors (Lipinski definition) is 0. The molecular weight excluding hydrogens is 401 g/mol. The molecule has 1 aliphatic heterocycles. The van der Waals surface area contributed by atoms with E-state index in [2.05, 4.69) is 9.88 Å². The van der Waals surface area contributed by atoms with E-state index in [0.717, 1.165) is 61.3 Å². The predicted molar refractivity (Wildman–Crippen MR) is 111 cm³/mol. The minimum atomic E-state index is -4.31. The fourth-order valence-corrected chi connectivity index (χ4v) is 5.33. The second-order valence-electron chi connectivity index (χ2n) is 9.53. The lowest BCUT2D eigenvalue weighted by molar-refractivity contribution is -0.137. The molecule has 1 spiro atoms. The first-order valence-electron chi connectivity index (χ1n) is 11.2. The average molecular weight is 428 g/mol. The molecule has 0 radical (unpaired) electrons. The van der Waals surface area contributed by atoms with Crippen LogP contribution in [0.4, 0.5) is 13.2 Å². The molecule has 1 aromatic heterocycles. The SMILES string of the molecule is O=C([C@H]1CC12CCC2)N1CCC(c2ccc(Cc3ccc(C(F)(F)F)cc3)cn2)CC1. The highest BCUT2D eigenvalue weighted by Crippen LogP contribution is 2.66. The molecular formula is C25H27F3N2O. The van der Waals surface area contributed by atoms with Crippen molar-refractivity contribution in [3.05, 3.63) is 65.0 Å². The van der Waals surface area contributed by atoms with Crippen LogP contribution in [0.3, 0.4) is 0 Å². The summed E-state index contributed by atoms with van der Waals surface area (Å²) < 4.78 is 38.1. The van der Waals surface area contributed by atoms with Crippen LogP contribution < -0.4 is 0 Å². The number of amides is 1.